The summed E-state index contributed by atoms with van der Waals surface area (Å²) >= 11 is 0. The summed E-state index contributed by atoms with van der Waals surface area (Å²) < 4.78 is 48.1. The van der Waals surface area contributed by atoms with Crippen LogP contribution in [0.4, 0.5) is 13.2 Å². The van der Waals surface area contributed by atoms with Crippen LogP contribution in [0.3, 0.4) is 0 Å². The summed E-state index contributed by atoms with van der Waals surface area (Å²) in [6, 6.07) is 10.1. The minimum absolute atomic E-state index is 0.0437. The Balaban J connectivity index is 2.19. The van der Waals surface area contributed by atoms with Crippen molar-refractivity contribution in [3.63, 3.8) is 0 Å². The van der Waals surface area contributed by atoms with Crippen molar-refractivity contribution in [3.8, 4) is 16.9 Å². The molecule has 3 nitrogen and oxygen atoms in total. The van der Waals surface area contributed by atoms with Gasteiger partial charge in [0.2, 0.25) is 0 Å². The van der Waals surface area contributed by atoms with Gasteiger partial charge in [-0.1, -0.05) is 24.3 Å². The molecule has 0 aliphatic heterocycles. The Kier molecular flexibility index (Phi) is 6.89. The predicted octanol–water partition coefficient (Wildman–Crippen LogP) is 4.47. The van der Waals surface area contributed by atoms with E-state index in [1.807, 2.05) is 6.07 Å². The highest BCUT2D eigenvalue weighted by Crippen LogP contribution is 2.30. The minimum Gasteiger partial charge on any atom is -0.492 e. The van der Waals surface area contributed by atoms with Gasteiger partial charge in [0.15, 0.2) is 0 Å². The molecule has 25 heavy (non-hydrogen) atoms. The van der Waals surface area contributed by atoms with Crippen LogP contribution in [0.25, 0.3) is 11.1 Å². The van der Waals surface area contributed by atoms with Crippen molar-refractivity contribution in [1.29, 1.82) is 0 Å². The molecule has 0 heterocycles. The van der Waals surface area contributed by atoms with E-state index in [2.05, 4.69) is 4.74 Å². The van der Waals surface area contributed by atoms with Crippen LogP contribution in [0.1, 0.15) is 11.1 Å². The standard InChI is InChI=1S/C19H19F3O3/c1-13-2-5-16(17(20)10-13)15-4-3-14(6-7-23)18(11-15)25-9-8-24-12-19(21)22/h2-5,10-12,23H,6-9H2,1H3. The molecule has 0 radical (unpaired) electrons. The number of benzene rings is 2. The third-order valence-electron chi connectivity index (χ3n) is 3.52. The number of ether oxygens (including phenoxy) is 2. The molecule has 0 aliphatic carbocycles. The van der Waals surface area contributed by atoms with Gasteiger partial charge in [-0.25, -0.2) is 4.39 Å². The van der Waals surface area contributed by atoms with E-state index < -0.39 is 6.08 Å². The fraction of sp³-hybridized carbons (Fsp3) is 0.263. The first-order valence-corrected chi connectivity index (χ1v) is 7.77. The van der Waals surface area contributed by atoms with Crippen molar-refractivity contribution >= 4 is 0 Å². The van der Waals surface area contributed by atoms with E-state index in [1.165, 1.54) is 6.07 Å². The van der Waals surface area contributed by atoms with Gasteiger partial charge in [0.05, 0.1) is 0 Å². The normalized spacial score (nSPS) is 10.4. The smallest absolute Gasteiger partial charge is 0.304 e. The summed E-state index contributed by atoms with van der Waals surface area (Å²) in [5.74, 6) is 0.118. The Hall–Kier alpha value is -2.47. The largest absolute Gasteiger partial charge is 0.492 e. The third-order valence-corrected chi connectivity index (χ3v) is 3.52. The molecule has 0 amide bonds. The molecule has 6 heteroatoms. The lowest BCUT2D eigenvalue weighted by Crippen LogP contribution is -2.07. The molecular weight excluding hydrogens is 333 g/mol. The van der Waals surface area contributed by atoms with Crippen molar-refractivity contribution in [3.05, 3.63) is 65.7 Å². The maximum absolute atomic E-state index is 14.2. The Bertz CT molecular complexity index is 741. The summed E-state index contributed by atoms with van der Waals surface area (Å²) in [6.45, 7) is 1.72. The van der Waals surface area contributed by atoms with Crippen LogP contribution in [0.2, 0.25) is 0 Å². The summed E-state index contributed by atoms with van der Waals surface area (Å²) in [5.41, 5.74) is 2.63. The number of aliphatic hydroxyl groups excluding tert-OH is 1. The molecule has 0 saturated heterocycles. The van der Waals surface area contributed by atoms with Gasteiger partial charge in [-0.3, -0.25) is 0 Å². The molecule has 0 aliphatic rings. The SMILES string of the molecule is Cc1ccc(-c2ccc(CCO)c(OCCOC=C(F)F)c2)c(F)c1. The molecule has 0 saturated carbocycles. The van der Waals surface area contributed by atoms with Crippen molar-refractivity contribution in [2.45, 2.75) is 13.3 Å². The number of hydrogen-bond acceptors (Lipinski definition) is 3. The third kappa shape index (κ3) is 5.53. The van der Waals surface area contributed by atoms with Crippen LogP contribution in [-0.4, -0.2) is 24.9 Å². The van der Waals surface area contributed by atoms with Crippen LogP contribution in [0, 0.1) is 12.7 Å². The second-order valence-electron chi connectivity index (χ2n) is 5.41. The molecule has 2 rings (SSSR count). The second kappa shape index (κ2) is 9.13. The number of aryl methyl sites for hydroxylation is 1. The molecule has 0 bridgehead atoms. The lowest BCUT2D eigenvalue weighted by molar-refractivity contribution is 0.166. The zero-order chi connectivity index (χ0) is 18.2. The van der Waals surface area contributed by atoms with Crippen molar-refractivity contribution in [2.75, 3.05) is 19.8 Å². The number of halogens is 3. The molecule has 0 atom stereocenters. The monoisotopic (exact) mass is 352 g/mol. The van der Waals surface area contributed by atoms with E-state index in [0.717, 1.165) is 11.1 Å². The van der Waals surface area contributed by atoms with E-state index in [4.69, 9.17) is 9.84 Å². The fourth-order valence-corrected chi connectivity index (χ4v) is 2.36. The van der Waals surface area contributed by atoms with E-state index in [-0.39, 0.29) is 25.6 Å². The van der Waals surface area contributed by atoms with E-state index in [1.54, 1.807) is 31.2 Å². The van der Waals surface area contributed by atoms with Gasteiger partial charge in [-0.05, 0) is 42.2 Å². The maximum Gasteiger partial charge on any atom is 0.304 e. The summed E-state index contributed by atoms with van der Waals surface area (Å²) in [7, 11) is 0. The lowest BCUT2D eigenvalue weighted by atomic mass is 10.0. The van der Waals surface area contributed by atoms with E-state index in [9.17, 15) is 13.2 Å². The second-order valence-corrected chi connectivity index (χ2v) is 5.41. The Morgan fingerprint density at radius 1 is 1.12 bits per heavy atom. The zero-order valence-corrected chi connectivity index (χ0v) is 13.8. The summed E-state index contributed by atoms with van der Waals surface area (Å²) in [6.07, 6.45) is -1.19. The Morgan fingerprint density at radius 3 is 2.60 bits per heavy atom. The summed E-state index contributed by atoms with van der Waals surface area (Å²) in [5, 5.41) is 9.14. The van der Waals surface area contributed by atoms with Crippen molar-refractivity contribution < 1.29 is 27.8 Å². The average Bonchev–Trinajstić information content (AvgIpc) is 2.56. The highest BCUT2D eigenvalue weighted by molar-refractivity contribution is 5.67. The van der Waals surface area contributed by atoms with Gasteiger partial charge in [-0.15, -0.1) is 0 Å². The first-order valence-electron chi connectivity index (χ1n) is 7.77. The number of rotatable bonds is 8. The first-order chi connectivity index (χ1) is 12.0. The van der Waals surface area contributed by atoms with Crippen LogP contribution < -0.4 is 4.74 Å². The molecule has 0 spiro atoms. The van der Waals surface area contributed by atoms with E-state index in [0.29, 0.717) is 29.6 Å². The van der Waals surface area contributed by atoms with Crippen LogP contribution >= 0.6 is 0 Å². The molecule has 0 unspecified atom stereocenters. The van der Waals surface area contributed by atoms with Gasteiger partial charge in [0.1, 0.15) is 31.0 Å². The van der Waals surface area contributed by atoms with Gasteiger partial charge in [-0.2, -0.15) is 8.78 Å². The van der Waals surface area contributed by atoms with Gasteiger partial charge >= 0.3 is 6.08 Å². The fourth-order valence-electron chi connectivity index (χ4n) is 2.36. The van der Waals surface area contributed by atoms with Crippen molar-refractivity contribution in [2.24, 2.45) is 0 Å². The lowest BCUT2D eigenvalue weighted by Gasteiger charge is -2.13. The Labute approximate surface area is 144 Å². The molecule has 0 aromatic heterocycles. The summed E-state index contributed by atoms with van der Waals surface area (Å²) in [4.78, 5) is 0. The molecular formula is C19H19F3O3. The quantitative estimate of drug-likeness (QED) is 0.563. The van der Waals surface area contributed by atoms with Crippen molar-refractivity contribution in [1.82, 2.24) is 0 Å². The highest BCUT2D eigenvalue weighted by atomic mass is 19.3. The Morgan fingerprint density at radius 2 is 1.92 bits per heavy atom. The molecule has 0 fully saturated rings. The highest BCUT2D eigenvalue weighted by Gasteiger charge is 2.10. The minimum atomic E-state index is -1.92. The number of aliphatic hydroxyl groups is 1. The van der Waals surface area contributed by atoms with Gasteiger partial charge in [0, 0.05) is 12.2 Å². The first kappa shape index (κ1) is 18.9. The molecule has 2 aromatic rings. The topological polar surface area (TPSA) is 38.7 Å². The van der Waals surface area contributed by atoms with E-state index >= 15 is 0 Å². The van der Waals surface area contributed by atoms with Gasteiger partial charge < -0.3 is 14.6 Å². The maximum atomic E-state index is 14.2. The predicted molar refractivity (Wildman–Crippen MR) is 89.1 cm³/mol. The zero-order valence-electron chi connectivity index (χ0n) is 13.8. The number of hydrogen-bond donors (Lipinski definition) is 1. The van der Waals surface area contributed by atoms with Crippen LogP contribution in [0.15, 0.2) is 48.7 Å². The van der Waals surface area contributed by atoms with Crippen LogP contribution in [0.5, 0.6) is 5.75 Å². The molecule has 1 N–H and O–H groups in total. The molecule has 134 valence electrons. The average molecular weight is 352 g/mol. The van der Waals surface area contributed by atoms with Crippen LogP contribution in [-0.2, 0) is 11.2 Å². The molecule has 2 aromatic carbocycles. The van der Waals surface area contributed by atoms with Gasteiger partial charge in [0.25, 0.3) is 0 Å².